The van der Waals surface area contributed by atoms with Gasteiger partial charge in [0.1, 0.15) is 4.21 Å². The maximum absolute atomic E-state index is 13.8. The molecular weight excluding hydrogens is 454 g/mol. The number of pyridine rings is 1. The molecule has 0 atom stereocenters. The van der Waals surface area contributed by atoms with E-state index >= 15 is 0 Å². The highest BCUT2D eigenvalue weighted by atomic mass is 32.2. The Hall–Kier alpha value is -1.77. The zero-order chi connectivity index (χ0) is 22.8. The second-order valence-corrected chi connectivity index (χ2v) is 13.7. The van der Waals surface area contributed by atoms with Crippen LogP contribution in [0.5, 0.6) is 0 Å². The Balaban J connectivity index is 1.21. The van der Waals surface area contributed by atoms with Crippen molar-refractivity contribution in [3.05, 3.63) is 46.1 Å². The largest absolute Gasteiger partial charge is 0.337 e. The molecule has 2 aromatic rings. The Morgan fingerprint density at radius 1 is 1.21 bits per heavy atom. The maximum Gasteiger partial charge on any atom is 0.250 e. The summed E-state index contributed by atoms with van der Waals surface area (Å²) in [6, 6.07) is 3.36. The van der Waals surface area contributed by atoms with Gasteiger partial charge >= 0.3 is 0 Å². The Morgan fingerprint density at radius 2 is 1.91 bits per heavy atom. The smallest absolute Gasteiger partial charge is 0.250 e. The van der Waals surface area contributed by atoms with E-state index in [1.807, 2.05) is 13.1 Å². The number of nitrogens with one attached hydrogen (secondary N) is 1. The number of nitrogens with zero attached hydrogens (tertiary/aromatic N) is 2. The van der Waals surface area contributed by atoms with Gasteiger partial charge < -0.3 is 4.90 Å². The summed E-state index contributed by atoms with van der Waals surface area (Å²) in [6.45, 7) is 3.46. The van der Waals surface area contributed by atoms with E-state index in [1.165, 1.54) is 30.6 Å². The van der Waals surface area contributed by atoms with Crippen LogP contribution in [0, 0.1) is 30.1 Å². The molecule has 0 aromatic carbocycles. The highest BCUT2D eigenvalue weighted by molar-refractivity contribution is 7.91. The van der Waals surface area contributed by atoms with E-state index in [9.17, 15) is 13.2 Å². The predicted octanol–water partition coefficient (Wildman–Crippen LogP) is 4.03. The normalized spacial score (nSPS) is 30.5. The van der Waals surface area contributed by atoms with Gasteiger partial charge in [0.15, 0.2) is 0 Å². The molecule has 1 aliphatic heterocycles. The first kappa shape index (κ1) is 21.7. The molecule has 1 amide bonds. The first-order valence-electron chi connectivity index (χ1n) is 12.1. The number of rotatable bonds is 5. The summed E-state index contributed by atoms with van der Waals surface area (Å²) >= 11 is 1.21. The number of carbonyl (C=O) groups excluding carboxylic acids is 1. The zero-order valence-corrected chi connectivity index (χ0v) is 20.7. The van der Waals surface area contributed by atoms with Crippen LogP contribution in [0.4, 0.5) is 0 Å². The Kier molecular flexibility index (Phi) is 5.20. The van der Waals surface area contributed by atoms with Crippen LogP contribution in [0.3, 0.4) is 0 Å². The first-order chi connectivity index (χ1) is 15.8. The number of hydrogen-bond donors (Lipinski definition) is 1. The number of amides is 1. The van der Waals surface area contributed by atoms with E-state index in [-0.39, 0.29) is 12.0 Å². The molecule has 8 heteroatoms. The molecule has 176 valence electrons. The van der Waals surface area contributed by atoms with Crippen LogP contribution in [-0.4, -0.2) is 30.8 Å². The standard InChI is InChI=1S/C25H31N3O3S2/c1-16-22(14-27-33(30,31)23-3-2-6-32-23)21-4-5-28(15-20(21)13-26-16)24(29)25-10-17-7-18(11-25)9-19(8-17)12-25/h2-3,6,13,17-19,27H,4-5,7-12,14-15H2,1H3. The lowest BCUT2D eigenvalue weighted by Crippen LogP contribution is -2.55. The van der Waals surface area contributed by atoms with E-state index in [0.717, 1.165) is 65.8 Å². The van der Waals surface area contributed by atoms with Crippen LogP contribution in [0.15, 0.2) is 27.9 Å². The number of aromatic nitrogens is 1. The minimum atomic E-state index is -3.53. The summed E-state index contributed by atoms with van der Waals surface area (Å²) in [5, 5.41) is 1.77. The van der Waals surface area contributed by atoms with Gasteiger partial charge in [-0.3, -0.25) is 9.78 Å². The third-order valence-electron chi connectivity index (χ3n) is 8.57. The Labute approximate surface area is 199 Å². The lowest BCUT2D eigenvalue weighted by atomic mass is 9.49. The SMILES string of the molecule is Cc1ncc2c(c1CNS(=O)(=O)c1cccs1)CCN(C(=O)C13CC4CC(CC(C4)C1)C3)C2. The lowest BCUT2D eigenvalue weighted by Gasteiger charge is -2.56. The molecule has 2 aromatic heterocycles. The van der Waals surface area contributed by atoms with Crippen molar-refractivity contribution in [2.75, 3.05) is 6.54 Å². The van der Waals surface area contributed by atoms with Gasteiger partial charge in [-0.15, -0.1) is 11.3 Å². The number of hydrogen-bond acceptors (Lipinski definition) is 5. The van der Waals surface area contributed by atoms with Crippen molar-refractivity contribution in [1.82, 2.24) is 14.6 Å². The van der Waals surface area contributed by atoms with E-state index in [2.05, 4.69) is 14.6 Å². The van der Waals surface area contributed by atoms with Crippen molar-refractivity contribution in [2.45, 2.75) is 69.2 Å². The van der Waals surface area contributed by atoms with Crippen molar-refractivity contribution in [3.63, 3.8) is 0 Å². The number of aryl methyl sites for hydroxylation is 1. The maximum atomic E-state index is 13.8. The van der Waals surface area contributed by atoms with Crippen molar-refractivity contribution in [2.24, 2.45) is 23.2 Å². The molecule has 4 fully saturated rings. The minimum Gasteiger partial charge on any atom is -0.337 e. The molecule has 0 radical (unpaired) electrons. The molecular formula is C25H31N3O3S2. The second kappa shape index (κ2) is 7.89. The summed E-state index contributed by atoms with van der Waals surface area (Å²) in [4.78, 5) is 20.5. The molecule has 4 bridgehead atoms. The van der Waals surface area contributed by atoms with Gasteiger partial charge in [0.25, 0.3) is 0 Å². The van der Waals surface area contributed by atoms with Gasteiger partial charge in [0, 0.05) is 31.5 Å². The molecule has 4 saturated carbocycles. The van der Waals surface area contributed by atoms with Gasteiger partial charge in [-0.2, -0.15) is 0 Å². The predicted molar refractivity (Wildman–Crippen MR) is 127 cm³/mol. The molecule has 6 nitrogen and oxygen atoms in total. The number of sulfonamides is 1. The van der Waals surface area contributed by atoms with Crippen molar-refractivity contribution < 1.29 is 13.2 Å². The van der Waals surface area contributed by atoms with Gasteiger partial charge in [0.2, 0.25) is 15.9 Å². The van der Waals surface area contributed by atoms with Gasteiger partial charge in [-0.25, -0.2) is 13.1 Å². The molecule has 1 N–H and O–H groups in total. The summed E-state index contributed by atoms with van der Waals surface area (Å²) < 4.78 is 28.3. The van der Waals surface area contributed by atoms with E-state index in [0.29, 0.717) is 23.2 Å². The van der Waals surface area contributed by atoms with Crippen LogP contribution in [0.1, 0.15) is 60.9 Å². The van der Waals surface area contributed by atoms with Crippen molar-refractivity contribution in [1.29, 1.82) is 0 Å². The second-order valence-electron chi connectivity index (χ2n) is 10.8. The van der Waals surface area contributed by atoms with Crippen molar-refractivity contribution >= 4 is 27.3 Å². The highest BCUT2D eigenvalue weighted by Gasteiger charge is 2.55. The third kappa shape index (κ3) is 3.74. The molecule has 33 heavy (non-hydrogen) atoms. The number of carbonyl (C=O) groups is 1. The summed E-state index contributed by atoms with van der Waals surface area (Å²) in [6.07, 6.45) is 9.92. The van der Waals surface area contributed by atoms with Crippen molar-refractivity contribution in [3.8, 4) is 0 Å². The van der Waals surface area contributed by atoms with E-state index in [1.54, 1.807) is 17.5 Å². The van der Waals surface area contributed by atoms with E-state index < -0.39 is 10.0 Å². The molecule has 0 saturated heterocycles. The fourth-order valence-corrected chi connectivity index (χ4v) is 9.53. The summed E-state index contributed by atoms with van der Waals surface area (Å²) in [5.41, 5.74) is 3.91. The van der Waals surface area contributed by atoms with Crippen LogP contribution >= 0.6 is 11.3 Å². The van der Waals surface area contributed by atoms with Gasteiger partial charge in [-0.05, 0) is 97.8 Å². The fourth-order valence-electron chi connectivity index (χ4n) is 7.49. The average Bonchev–Trinajstić information content (AvgIpc) is 3.33. The van der Waals surface area contributed by atoms with Gasteiger partial charge in [0.05, 0.1) is 5.41 Å². The summed E-state index contributed by atoms with van der Waals surface area (Å²) in [7, 11) is -3.53. The number of thiophene rings is 1. The third-order valence-corrected chi connectivity index (χ3v) is 11.4. The Morgan fingerprint density at radius 3 is 2.55 bits per heavy atom. The minimum absolute atomic E-state index is 0.121. The van der Waals surface area contributed by atoms with Crippen LogP contribution in [-0.2, 0) is 34.3 Å². The molecule has 7 rings (SSSR count). The van der Waals surface area contributed by atoms with Crippen LogP contribution in [0.2, 0.25) is 0 Å². The topological polar surface area (TPSA) is 79.4 Å². The molecule has 4 aliphatic carbocycles. The van der Waals surface area contributed by atoms with E-state index in [4.69, 9.17) is 0 Å². The fraction of sp³-hybridized carbons (Fsp3) is 0.600. The van der Waals surface area contributed by atoms with Gasteiger partial charge in [-0.1, -0.05) is 6.07 Å². The molecule has 0 spiro atoms. The first-order valence-corrected chi connectivity index (χ1v) is 14.5. The van der Waals surface area contributed by atoms with Crippen LogP contribution in [0.25, 0.3) is 0 Å². The molecule has 5 aliphatic rings. The van der Waals surface area contributed by atoms with Crippen LogP contribution < -0.4 is 4.72 Å². The zero-order valence-electron chi connectivity index (χ0n) is 19.0. The summed E-state index contributed by atoms with van der Waals surface area (Å²) in [5.74, 6) is 2.63. The monoisotopic (exact) mass is 485 g/mol. The quantitative estimate of drug-likeness (QED) is 0.694. The highest BCUT2D eigenvalue weighted by Crippen LogP contribution is 2.60. The molecule has 0 unspecified atom stereocenters. The average molecular weight is 486 g/mol. The lowest BCUT2D eigenvalue weighted by molar-refractivity contribution is -0.158. The number of fused-ring (bicyclic) bond motifs is 1. The Bertz CT molecular complexity index is 1150. The molecule has 3 heterocycles.